The number of carbonyl (C=O) groups is 2. The highest BCUT2D eigenvalue weighted by molar-refractivity contribution is 5.86. The first-order chi connectivity index (χ1) is 16.8. The lowest BCUT2D eigenvalue weighted by Gasteiger charge is -2.42. The third kappa shape index (κ3) is 7.81. The Hall–Kier alpha value is -2.89. The Kier molecular flexibility index (Phi) is 9.70. The molecule has 2 aliphatic rings. The van der Waals surface area contributed by atoms with E-state index < -0.39 is 0 Å². The first-order valence-corrected chi connectivity index (χ1v) is 12.8. The van der Waals surface area contributed by atoms with Crippen LogP contribution in [0.3, 0.4) is 0 Å². The van der Waals surface area contributed by atoms with E-state index in [2.05, 4.69) is 44.0 Å². The molecular weight excluding hydrogens is 440 g/mol. The highest BCUT2D eigenvalue weighted by atomic mass is 16.5. The van der Waals surface area contributed by atoms with Gasteiger partial charge < -0.3 is 14.0 Å². The van der Waals surface area contributed by atoms with Crippen molar-refractivity contribution in [3.63, 3.8) is 0 Å². The molecule has 1 aromatic rings. The first kappa shape index (κ1) is 26.7. The number of carbonyl (C=O) groups excluding carboxylic acids is 2. The predicted molar refractivity (Wildman–Crippen MR) is 138 cm³/mol. The van der Waals surface area contributed by atoms with Gasteiger partial charge in [-0.2, -0.15) is 0 Å². The molecule has 4 unspecified atom stereocenters. The van der Waals surface area contributed by atoms with Crippen LogP contribution >= 0.6 is 0 Å². The molecule has 2 aliphatic carbocycles. The van der Waals surface area contributed by atoms with E-state index in [1.165, 1.54) is 11.6 Å². The van der Waals surface area contributed by atoms with E-state index in [-0.39, 0.29) is 18.0 Å². The summed E-state index contributed by atoms with van der Waals surface area (Å²) >= 11 is 0. The largest absolute Gasteiger partial charge is 0.463 e. The number of fused-ring (bicyclic) bond motifs is 1. The molecule has 0 amide bonds. The Morgan fingerprint density at radius 3 is 2.71 bits per heavy atom. The Bertz CT molecular complexity index is 998. The maximum Gasteiger partial charge on any atom is 0.331 e. The number of allylic oxidation sites excluding steroid dienone is 4. The minimum atomic E-state index is -0.344. The van der Waals surface area contributed by atoms with Crippen LogP contribution in [-0.2, 0) is 26.1 Å². The van der Waals surface area contributed by atoms with Gasteiger partial charge in [0.05, 0.1) is 18.6 Å². The first-order valence-electron chi connectivity index (χ1n) is 12.8. The standard InChI is InChI=1S/C29H40N2O4/c1-6-34-29(33)16-22-9-7-8-10-24(35-28(32)14-12-23-18-31(5)19-30-23)17-26-21(4)11-13-25(20(2)3)27(26)15-22/h7-8,11-12,14,16,18-20,24-27H,6,9-10,13,15,17H2,1-5H3. The van der Waals surface area contributed by atoms with Crippen molar-refractivity contribution in [2.75, 3.05) is 6.61 Å². The van der Waals surface area contributed by atoms with Crippen LogP contribution in [-0.4, -0.2) is 34.2 Å². The molecule has 190 valence electrons. The molecule has 0 aromatic carbocycles. The zero-order valence-corrected chi connectivity index (χ0v) is 21.8. The molecule has 0 radical (unpaired) electrons. The molecule has 0 saturated heterocycles. The van der Waals surface area contributed by atoms with Crippen LogP contribution in [0.4, 0.5) is 0 Å². The maximum atomic E-state index is 12.6. The van der Waals surface area contributed by atoms with Crippen molar-refractivity contribution in [1.29, 1.82) is 0 Å². The number of nitrogens with zero attached hydrogens (tertiary/aromatic N) is 2. The number of ether oxygens (including phenoxy) is 2. The topological polar surface area (TPSA) is 70.4 Å². The van der Waals surface area contributed by atoms with Gasteiger partial charge in [0, 0.05) is 31.8 Å². The number of rotatable bonds is 6. The minimum absolute atomic E-state index is 0.204. The Morgan fingerprint density at radius 2 is 2.03 bits per heavy atom. The number of aryl methyl sites for hydroxylation is 1. The van der Waals surface area contributed by atoms with E-state index in [0.29, 0.717) is 43.1 Å². The summed E-state index contributed by atoms with van der Waals surface area (Å²) in [6.45, 7) is 8.97. The Morgan fingerprint density at radius 1 is 1.23 bits per heavy atom. The molecule has 4 atom stereocenters. The lowest BCUT2D eigenvalue weighted by molar-refractivity contribution is -0.144. The summed E-state index contributed by atoms with van der Waals surface area (Å²) in [4.78, 5) is 29.1. The highest BCUT2D eigenvalue weighted by Crippen LogP contribution is 2.45. The third-order valence-corrected chi connectivity index (χ3v) is 7.19. The summed E-state index contributed by atoms with van der Waals surface area (Å²) in [5.41, 5.74) is 3.20. The average Bonchev–Trinajstić information content (AvgIpc) is 3.22. The van der Waals surface area contributed by atoms with Crippen molar-refractivity contribution >= 4 is 18.0 Å². The summed E-state index contributed by atoms with van der Waals surface area (Å²) in [7, 11) is 1.89. The van der Waals surface area contributed by atoms with Crippen LogP contribution < -0.4 is 0 Å². The van der Waals surface area contributed by atoms with Crippen LogP contribution in [0.15, 0.2) is 54.1 Å². The van der Waals surface area contributed by atoms with Crippen molar-refractivity contribution in [3.8, 4) is 0 Å². The number of aromatic nitrogens is 2. The number of esters is 2. The van der Waals surface area contributed by atoms with Gasteiger partial charge in [-0.3, -0.25) is 0 Å². The molecule has 0 aliphatic heterocycles. The summed E-state index contributed by atoms with van der Waals surface area (Å²) in [5.74, 6) is 1.11. The second-order valence-electron chi connectivity index (χ2n) is 10.1. The van der Waals surface area contributed by atoms with Crippen LogP contribution in [0.1, 0.15) is 65.5 Å². The van der Waals surface area contributed by atoms with E-state index in [4.69, 9.17) is 9.47 Å². The van der Waals surface area contributed by atoms with Gasteiger partial charge in [-0.15, -0.1) is 0 Å². The SMILES string of the molecule is CCOC(=O)C=C1CC=CCC(OC(=O)C=Cc2cn(C)cn2)CC2C(C)=CCC(C(C)C)C2C1. The number of hydrogen-bond donors (Lipinski definition) is 0. The highest BCUT2D eigenvalue weighted by Gasteiger charge is 2.37. The summed E-state index contributed by atoms with van der Waals surface area (Å²) in [5, 5.41) is 0. The Balaban J connectivity index is 1.83. The lowest BCUT2D eigenvalue weighted by atomic mass is 9.64. The van der Waals surface area contributed by atoms with Crippen LogP contribution in [0.2, 0.25) is 0 Å². The Labute approximate surface area is 209 Å². The fourth-order valence-corrected chi connectivity index (χ4v) is 5.39. The van der Waals surface area contributed by atoms with Crippen molar-refractivity contribution in [1.82, 2.24) is 9.55 Å². The molecule has 0 spiro atoms. The molecule has 35 heavy (non-hydrogen) atoms. The smallest absolute Gasteiger partial charge is 0.331 e. The quantitative estimate of drug-likeness (QED) is 0.291. The summed E-state index contributed by atoms with van der Waals surface area (Å²) in [6, 6.07) is 0. The van der Waals surface area contributed by atoms with Gasteiger partial charge in [-0.1, -0.05) is 43.2 Å². The molecule has 1 aromatic heterocycles. The van der Waals surface area contributed by atoms with Gasteiger partial charge in [0.1, 0.15) is 6.10 Å². The molecule has 3 rings (SSSR count). The van der Waals surface area contributed by atoms with E-state index >= 15 is 0 Å². The van der Waals surface area contributed by atoms with Crippen LogP contribution in [0.5, 0.6) is 0 Å². The maximum absolute atomic E-state index is 12.6. The molecule has 6 nitrogen and oxygen atoms in total. The van der Waals surface area contributed by atoms with Gasteiger partial charge in [0.15, 0.2) is 0 Å². The van der Waals surface area contributed by atoms with E-state index in [1.54, 1.807) is 18.5 Å². The minimum Gasteiger partial charge on any atom is -0.463 e. The average molecular weight is 481 g/mol. The zero-order valence-electron chi connectivity index (χ0n) is 21.8. The molecule has 0 fully saturated rings. The third-order valence-electron chi connectivity index (χ3n) is 7.19. The lowest BCUT2D eigenvalue weighted by Crippen LogP contribution is -2.35. The molecule has 0 bridgehead atoms. The van der Waals surface area contributed by atoms with Crippen molar-refractivity contribution < 1.29 is 19.1 Å². The van der Waals surface area contributed by atoms with Crippen LogP contribution in [0.25, 0.3) is 6.08 Å². The van der Waals surface area contributed by atoms with Crippen molar-refractivity contribution in [2.24, 2.45) is 30.7 Å². The van der Waals surface area contributed by atoms with Gasteiger partial charge in [0.2, 0.25) is 0 Å². The molecule has 1 heterocycles. The fraction of sp³-hybridized carbons (Fsp3) is 0.552. The normalized spacial score (nSPS) is 26.5. The fourth-order valence-electron chi connectivity index (χ4n) is 5.39. The predicted octanol–water partition coefficient (Wildman–Crippen LogP) is 5.82. The summed E-state index contributed by atoms with van der Waals surface area (Å²) in [6.07, 6.45) is 18.7. The van der Waals surface area contributed by atoms with Crippen molar-refractivity contribution in [2.45, 2.75) is 65.9 Å². The molecule has 6 heteroatoms. The second-order valence-corrected chi connectivity index (χ2v) is 10.1. The number of hydrogen-bond acceptors (Lipinski definition) is 5. The molecule has 0 N–H and O–H groups in total. The van der Waals surface area contributed by atoms with Gasteiger partial charge in [0.25, 0.3) is 0 Å². The zero-order chi connectivity index (χ0) is 25.4. The van der Waals surface area contributed by atoms with Crippen molar-refractivity contribution in [3.05, 3.63) is 59.7 Å². The van der Waals surface area contributed by atoms with E-state index in [9.17, 15) is 9.59 Å². The summed E-state index contributed by atoms with van der Waals surface area (Å²) < 4.78 is 13.0. The number of imidazole rings is 1. The molecular formula is C29H40N2O4. The van der Waals surface area contributed by atoms with Gasteiger partial charge >= 0.3 is 11.9 Å². The van der Waals surface area contributed by atoms with Gasteiger partial charge in [-0.25, -0.2) is 14.6 Å². The van der Waals surface area contributed by atoms with Gasteiger partial charge in [-0.05, 0) is 69.3 Å². The second kappa shape index (κ2) is 12.7. The monoisotopic (exact) mass is 480 g/mol. The van der Waals surface area contributed by atoms with E-state index in [0.717, 1.165) is 30.5 Å². The molecule has 0 saturated carbocycles. The van der Waals surface area contributed by atoms with E-state index in [1.807, 2.05) is 24.7 Å². The van der Waals surface area contributed by atoms with Crippen LogP contribution in [0, 0.1) is 23.7 Å².